The molecule has 41 heavy (non-hydrogen) atoms. The average molecular weight is 535 g/mol. The molecular formula is C37H34N4. The van der Waals surface area contributed by atoms with Crippen LogP contribution in [0.3, 0.4) is 0 Å². The van der Waals surface area contributed by atoms with Crippen LogP contribution in [-0.4, -0.2) is 15.0 Å². The van der Waals surface area contributed by atoms with Gasteiger partial charge in [-0.1, -0.05) is 129 Å². The Balaban J connectivity index is 1.51. The summed E-state index contributed by atoms with van der Waals surface area (Å²) in [6.45, 7) is 9.20. The Morgan fingerprint density at radius 1 is 0.683 bits per heavy atom. The molecule has 2 heterocycles. The zero-order valence-corrected chi connectivity index (χ0v) is 23.7. The van der Waals surface area contributed by atoms with Crippen LogP contribution in [0.4, 0.5) is 17.3 Å². The van der Waals surface area contributed by atoms with Crippen molar-refractivity contribution < 1.29 is 0 Å². The minimum atomic E-state index is -0.114. The van der Waals surface area contributed by atoms with Crippen molar-refractivity contribution in [2.45, 2.75) is 38.5 Å². The lowest BCUT2D eigenvalue weighted by atomic mass is 9.51. The number of anilines is 3. The fraction of sp³-hybridized carbons (Fsp3) is 0.216. The molecule has 1 aromatic heterocycles. The molecule has 4 aromatic carbocycles. The number of rotatable bonds is 4. The minimum absolute atomic E-state index is 0.114. The fourth-order valence-electron chi connectivity index (χ4n) is 7.45. The largest absolute Gasteiger partial charge is 0.278 e. The van der Waals surface area contributed by atoms with Crippen LogP contribution < -0.4 is 4.90 Å². The molecule has 0 radical (unpaired) electrons. The van der Waals surface area contributed by atoms with E-state index in [2.05, 4.69) is 98.1 Å². The van der Waals surface area contributed by atoms with Gasteiger partial charge < -0.3 is 0 Å². The average Bonchev–Trinajstić information content (AvgIpc) is 3.03. The monoisotopic (exact) mass is 534 g/mol. The summed E-state index contributed by atoms with van der Waals surface area (Å²) in [6.07, 6.45) is 3.17. The maximum atomic E-state index is 5.14. The third-order valence-electron chi connectivity index (χ3n) is 9.11. The molecule has 4 nitrogen and oxygen atoms in total. The number of hydrogen-bond acceptors (Lipinski definition) is 4. The van der Waals surface area contributed by atoms with Gasteiger partial charge in [-0.15, -0.1) is 0 Å². The van der Waals surface area contributed by atoms with Crippen molar-refractivity contribution in [1.82, 2.24) is 15.0 Å². The third-order valence-corrected chi connectivity index (χ3v) is 9.11. The van der Waals surface area contributed by atoms with Crippen molar-refractivity contribution >= 4 is 17.3 Å². The van der Waals surface area contributed by atoms with Gasteiger partial charge in [-0.05, 0) is 47.9 Å². The van der Waals surface area contributed by atoms with Gasteiger partial charge in [0.15, 0.2) is 11.6 Å². The van der Waals surface area contributed by atoms with Gasteiger partial charge in [-0.3, -0.25) is 4.90 Å². The van der Waals surface area contributed by atoms with Crippen LogP contribution in [0.1, 0.15) is 44.2 Å². The number of benzene rings is 4. The van der Waals surface area contributed by atoms with Crippen LogP contribution in [0.15, 0.2) is 121 Å². The van der Waals surface area contributed by atoms with Crippen LogP contribution in [-0.2, 0) is 5.41 Å². The molecule has 0 saturated heterocycles. The second-order valence-electron chi connectivity index (χ2n) is 11.4. The number of nitrogens with zero attached hydrogens (tertiary/aromatic N) is 4. The summed E-state index contributed by atoms with van der Waals surface area (Å²) in [5, 5.41) is 0. The number of fused-ring (bicyclic) bond motifs is 4. The van der Waals surface area contributed by atoms with E-state index in [9.17, 15) is 0 Å². The molecule has 2 unspecified atom stereocenters. The van der Waals surface area contributed by atoms with Crippen LogP contribution in [0.25, 0.3) is 22.8 Å². The standard InChI is InChI=1S/C37H34N4/c1-4-29-24-25(2)23-26(3)37(29)30-19-11-13-21-32(30)41(33-22-14-12-20-31(33)37)36-39-34(27-15-7-5-8-16-27)38-35(40-36)28-17-9-6-10-18-28/h5-22,26,29H,2,4,23-24H2,1,3H3. The smallest absolute Gasteiger partial charge is 0.238 e. The minimum Gasteiger partial charge on any atom is -0.278 e. The van der Waals surface area contributed by atoms with E-state index in [1.807, 2.05) is 36.4 Å². The molecule has 0 N–H and O–H groups in total. The highest BCUT2D eigenvalue weighted by molar-refractivity contribution is 5.85. The molecule has 5 aromatic rings. The van der Waals surface area contributed by atoms with Gasteiger partial charge in [0.05, 0.1) is 11.4 Å². The van der Waals surface area contributed by atoms with Crippen molar-refractivity contribution in [3.05, 3.63) is 132 Å². The molecule has 0 bridgehead atoms. The van der Waals surface area contributed by atoms with E-state index in [4.69, 9.17) is 15.0 Å². The molecule has 1 aliphatic carbocycles. The van der Waals surface area contributed by atoms with E-state index in [1.165, 1.54) is 16.7 Å². The number of para-hydroxylation sites is 2. The molecule has 1 fully saturated rings. The summed E-state index contributed by atoms with van der Waals surface area (Å²) in [5.74, 6) is 2.84. The molecule has 202 valence electrons. The number of hydrogen-bond donors (Lipinski definition) is 0. The summed E-state index contributed by atoms with van der Waals surface area (Å²) in [6, 6.07) is 38.2. The van der Waals surface area contributed by atoms with Crippen molar-refractivity contribution in [3.63, 3.8) is 0 Å². The van der Waals surface area contributed by atoms with Crippen molar-refractivity contribution in [2.24, 2.45) is 11.8 Å². The second-order valence-corrected chi connectivity index (χ2v) is 11.4. The Bertz CT molecular complexity index is 1620. The normalized spacial score (nSPS) is 19.1. The van der Waals surface area contributed by atoms with Gasteiger partial charge in [0.1, 0.15) is 0 Å². The van der Waals surface area contributed by atoms with Gasteiger partial charge in [0.2, 0.25) is 5.95 Å². The van der Waals surface area contributed by atoms with Gasteiger partial charge in [-0.25, -0.2) is 4.98 Å². The lowest BCUT2D eigenvalue weighted by molar-refractivity contribution is 0.183. The Morgan fingerprint density at radius 2 is 1.17 bits per heavy atom. The number of aromatic nitrogens is 3. The molecule has 1 spiro atoms. The topological polar surface area (TPSA) is 41.9 Å². The number of allylic oxidation sites excluding steroid dienone is 1. The van der Waals surface area contributed by atoms with E-state index in [-0.39, 0.29) is 5.41 Å². The third kappa shape index (κ3) is 4.01. The maximum absolute atomic E-state index is 5.14. The van der Waals surface area contributed by atoms with Crippen LogP contribution in [0.2, 0.25) is 0 Å². The van der Waals surface area contributed by atoms with Gasteiger partial charge >= 0.3 is 0 Å². The van der Waals surface area contributed by atoms with Crippen LogP contribution >= 0.6 is 0 Å². The zero-order chi connectivity index (χ0) is 28.0. The first-order valence-electron chi connectivity index (χ1n) is 14.6. The Hall–Kier alpha value is -4.57. The molecule has 2 aliphatic rings. The van der Waals surface area contributed by atoms with Crippen molar-refractivity contribution in [3.8, 4) is 22.8 Å². The van der Waals surface area contributed by atoms with Crippen LogP contribution in [0.5, 0.6) is 0 Å². The summed E-state index contributed by atoms with van der Waals surface area (Å²) in [4.78, 5) is 17.5. The van der Waals surface area contributed by atoms with Crippen molar-refractivity contribution in [2.75, 3.05) is 4.90 Å². The fourth-order valence-corrected chi connectivity index (χ4v) is 7.45. The van der Waals surface area contributed by atoms with Crippen molar-refractivity contribution in [1.29, 1.82) is 0 Å². The van der Waals surface area contributed by atoms with E-state index in [1.54, 1.807) is 0 Å². The molecule has 1 saturated carbocycles. The second kappa shape index (κ2) is 10.1. The first kappa shape index (κ1) is 25.4. The summed E-state index contributed by atoms with van der Waals surface area (Å²) >= 11 is 0. The molecule has 2 atom stereocenters. The Kier molecular flexibility index (Phi) is 6.27. The Labute approximate surface area is 242 Å². The SMILES string of the molecule is C=C1CC(C)C2(c3ccccc3N(c3nc(-c4ccccc4)nc(-c4ccccc4)n3)c3ccccc32)C(CC)C1. The highest BCUT2D eigenvalue weighted by Gasteiger charge is 2.53. The first-order chi connectivity index (χ1) is 20.1. The summed E-state index contributed by atoms with van der Waals surface area (Å²) in [5.41, 5.74) is 8.19. The molecular weight excluding hydrogens is 500 g/mol. The summed E-state index contributed by atoms with van der Waals surface area (Å²) < 4.78 is 0. The Morgan fingerprint density at radius 3 is 1.68 bits per heavy atom. The predicted molar refractivity (Wildman–Crippen MR) is 167 cm³/mol. The summed E-state index contributed by atoms with van der Waals surface area (Å²) in [7, 11) is 0. The molecule has 0 amide bonds. The maximum Gasteiger partial charge on any atom is 0.238 e. The van der Waals surface area contributed by atoms with Gasteiger partial charge in [0.25, 0.3) is 0 Å². The van der Waals surface area contributed by atoms with E-state index < -0.39 is 0 Å². The first-order valence-corrected chi connectivity index (χ1v) is 14.6. The molecule has 1 aliphatic heterocycles. The van der Waals surface area contributed by atoms with Crippen LogP contribution in [0, 0.1) is 11.8 Å². The van der Waals surface area contributed by atoms with Gasteiger partial charge in [-0.2, -0.15) is 9.97 Å². The molecule has 4 heteroatoms. The highest BCUT2D eigenvalue weighted by atomic mass is 15.3. The predicted octanol–water partition coefficient (Wildman–Crippen LogP) is 9.29. The zero-order valence-electron chi connectivity index (χ0n) is 23.7. The quantitative estimate of drug-likeness (QED) is 0.215. The van der Waals surface area contributed by atoms with Gasteiger partial charge in [0, 0.05) is 16.5 Å². The highest BCUT2D eigenvalue weighted by Crippen LogP contribution is 2.62. The van der Waals surface area contributed by atoms with E-state index in [0.29, 0.717) is 29.4 Å². The van der Waals surface area contributed by atoms with E-state index in [0.717, 1.165) is 41.8 Å². The lowest BCUT2D eigenvalue weighted by Gasteiger charge is -2.54. The van der Waals surface area contributed by atoms with E-state index >= 15 is 0 Å². The molecule has 7 rings (SSSR count). The lowest BCUT2D eigenvalue weighted by Crippen LogP contribution is -2.49.